The number of aromatic nitrogens is 5. The van der Waals surface area contributed by atoms with E-state index >= 15 is 0 Å². The fourth-order valence-electron chi connectivity index (χ4n) is 0.902. The van der Waals surface area contributed by atoms with E-state index in [1.807, 2.05) is 0 Å². The summed E-state index contributed by atoms with van der Waals surface area (Å²) in [4.78, 5) is 21.8. The van der Waals surface area contributed by atoms with Crippen LogP contribution in [0, 0.1) is 0 Å². The molecule has 0 amide bonds. The first kappa shape index (κ1) is 10.4. The van der Waals surface area contributed by atoms with Gasteiger partial charge in [-0.2, -0.15) is 5.10 Å². The zero-order valence-electron chi connectivity index (χ0n) is 7.64. The highest BCUT2D eigenvalue weighted by Gasteiger charge is 2.10. The summed E-state index contributed by atoms with van der Waals surface area (Å²) in [6, 6.07) is 0. The second-order valence-electron chi connectivity index (χ2n) is 2.62. The van der Waals surface area contributed by atoms with E-state index in [1.54, 1.807) is 11.7 Å². The molecule has 78 valence electrons. The molecule has 0 spiro atoms. The van der Waals surface area contributed by atoms with E-state index in [-0.39, 0.29) is 5.56 Å². The molecule has 0 saturated carbocycles. The summed E-state index contributed by atoms with van der Waals surface area (Å²) in [5.41, 5.74) is -0.213. The quantitative estimate of drug-likeness (QED) is 0.828. The smallest absolute Gasteiger partial charge is 0.266 e. The van der Waals surface area contributed by atoms with E-state index < -0.39 is 0 Å². The maximum absolute atomic E-state index is 11.3. The predicted octanol–water partition coefficient (Wildman–Crippen LogP) is 0.812. The summed E-state index contributed by atoms with van der Waals surface area (Å²) >= 11 is 4.44. The number of rotatable bonds is 2. The van der Waals surface area contributed by atoms with Crippen molar-refractivity contribution in [2.24, 2.45) is 7.05 Å². The van der Waals surface area contributed by atoms with Gasteiger partial charge in [0.1, 0.15) is 15.8 Å². The van der Waals surface area contributed by atoms with Gasteiger partial charge in [0.05, 0.1) is 6.33 Å². The summed E-state index contributed by atoms with van der Waals surface area (Å²) in [7, 11) is 1.77. The van der Waals surface area contributed by atoms with Crippen LogP contribution in [0.3, 0.4) is 0 Å². The van der Waals surface area contributed by atoms with Crippen LogP contribution in [0.15, 0.2) is 32.1 Å². The first-order chi connectivity index (χ1) is 7.18. The Hall–Kier alpha value is -1.15. The Morgan fingerprint density at radius 2 is 2.33 bits per heavy atom. The molecule has 0 fully saturated rings. The van der Waals surface area contributed by atoms with Crippen molar-refractivity contribution >= 4 is 27.7 Å². The first-order valence-corrected chi connectivity index (χ1v) is 5.54. The lowest BCUT2D eigenvalue weighted by Crippen LogP contribution is -2.08. The van der Waals surface area contributed by atoms with Crippen LogP contribution in [-0.2, 0) is 7.05 Å². The van der Waals surface area contributed by atoms with Crippen molar-refractivity contribution in [2.75, 3.05) is 0 Å². The molecule has 0 aliphatic carbocycles. The highest BCUT2D eigenvalue weighted by atomic mass is 79.9. The predicted molar refractivity (Wildman–Crippen MR) is 57.7 cm³/mol. The molecule has 0 saturated heterocycles. The molecule has 6 nitrogen and oxygen atoms in total. The van der Waals surface area contributed by atoms with E-state index in [1.165, 1.54) is 24.4 Å². The molecule has 2 aromatic rings. The van der Waals surface area contributed by atoms with Gasteiger partial charge in [-0.15, -0.1) is 0 Å². The zero-order valence-corrected chi connectivity index (χ0v) is 10.0. The Morgan fingerprint density at radius 3 is 3.00 bits per heavy atom. The third-order valence-electron chi connectivity index (χ3n) is 1.62. The minimum absolute atomic E-state index is 0.213. The molecule has 2 rings (SSSR count). The number of nitrogens with one attached hydrogen (secondary N) is 1. The van der Waals surface area contributed by atoms with Crippen LogP contribution in [0.2, 0.25) is 0 Å². The molecule has 0 atom stereocenters. The Morgan fingerprint density at radius 1 is 1.53 bits per heavy atom. The SMILES string of the molecule is Cn1ncnc1Sc1nc[nH]c(=O)c1Br. The summed E-state index contributed by atoms with van der Waals surface area (Å²) in [5, 5.41) is 5.16. The Bertz CT molecular complexity index is 536. The first-order valence-electron chi connectivity index (χ1n) is 3.93. The third-order valence-corrected chi connectivity index (χ3v) is 3.68. The normalized spacial score (nSPS) is 10.5. The maximum Gasteiger partial charge on any atom is 0.266 e. The van der Waals surface area contributed by atoms with E-state index in [0.29, 0.717) is 14.7 Å². The molecule has 0 unspecified atom stereocenters. The van der Waals surface area contributed by atoms with Gasteiger partial charge in [0.2, 0.25) is 0 Å². The van der Waals surface area contributed by atoms with Gasteiger partial charge < -0.3 is 4.98 Å². The Labute approximate surface area is 97.3 Å². The zero-order chi connectivity index (χ0) is 10.8. The van der Waals surface area contributed by atoms with Crippen molar-refractivity contribution in [1.29, 1.82) is 0 Å². The van der Waals surface area contributed by atoms with Crippen molar-refractivity contribution in [3.05, 3.63) is 27.5 Å². The second kappa shape index (κ2) is 4.15. The van der Waals surface area contributed by atoms with Crippen LogP contribution in [0.25, 0.3) is 0 Å². The van der Waals surface area contributed by atoms with Crippen LogP contribution in [0.5, 0.6) is 0 Å². The number of H-pyrrole nitrogens is 1. The van der Waals surface area contributed by atoms with Gasteiger partial charge in [0, 0.05) is 7.05 Å². The Kier molecular flexibility index (Phi) is 2.87. The van der Waals surface area contributed by atoms with Gasteiger partial charge in [0.15, 0.2) is 5.16 Å². The van der Waals surface area contributed by atoms with Crippen LogP contribution in [0.4, 0.5) is 0 Å². The van der Waals surface area contributed by atoms with E-state index in [2.05, 4.69) is 36.0 Å². The average Bonchev–Trinajstić information content (AvgIpc) is 2.60. The lowest BCUT2D eigenvalue weighted by atomic mass is 10.7. The molecule has 0 aliphatic heterocycles. The van der Waals surface area contributed by atoms with Gasteiger partial charge in [-0.3, -0.25) is 4.79 Å². The summed E-state index contributed by atoms with van der Waals surface area (Å²) in [6.45, 7) is 0. The molecule has 2 aromatic heterocycles. The monoisotopic (exact) mass is 287 g/mol. The lowest BCUT2D eigenvalue weighted by molar-refractivity contribution is 0.684. The molecular formula is C7H6BrN5OS. The van der Waals surface area contributed by atoms with Crippen molar-refractivity contribution in [3.8, 4) is 0 Å². The number of aryl methyl sites for hydroxylation is 1. The molecule has 2 heterocycles. The lowest BCUT2D eigenvalue weighted by Gasteiger charge is -2.00. The number of halogens is 1. The van der Waals surface area contributed by atoms with Crippen LogP contribution in [0.1, 0.15) is 0 Å². The van der Waals surface area contributed by atoms with E-state index in [9.17, 15) is 4.79 Å². The Balaban J connectivity index is 2.37. The summed E-state index contributed by atoms with van der Waals surface area (Å²) in [5.74, 6) is 0. The molecule has 0 aromatic carbocycles. The highest BCUT2D eigenvalue weighted by molar-refractivity contribution is 9.10. The number of aromatic amines is 1. The van der Waals surface area contributed by atoms with Crippen molar-refractivity contribution in [1.82, 2.24) is 24.7 Å². The summed E-state index contributed by atoms with van der Waals surface area (Å²) in [6.07, 6.45) is 2.80. The van der Waals surface area contributed by atoms with E-state index in [4.69, 9.17) is 0 Å². The topological polar surface area (TPSA) is 76.5 Å². The fraction of sp³-hybridized carbons (Fsp3) is 0.143. The minimum atomic E-state index is -0.213. The van der Waals surface area contributed by atoms with Crippen LogP contribution in [-0.4, -0.2) is 24.7 Å². The van der Waals surface area contributed by atoms with Crippen LogP contribution >= 0.6 is 27.7 Å². The fourth-order valence-corrected chi connectivity index (χ4v) is 2.10. The maximum atomic E-state index is 11.3. The standard InChI is InChI=1S/C7H6BrN5OS/c1-13-7(11-3-12-13)15-6-4(8)5(14)9-2-10-6/h2-3H,1H3,(H,9,10,14). The molecule has 15 heavy (non-hydrogen) atoms. The number of nitrogens with zero attached hydrogens (tertiary/aromatic N) is 4. The number of hydrogen-bond donors (Lipinski definition) is 1. The van der Waals surface area contributed by atoms with Gasteiger partial charge >= 0.3 is 0 Å². The minimum Gasteiger partial charge on any atom is -0.312 e. The highest BCUT2D eigenvalue weighted by Crippen LogP contribution is 2.26. The molecule has 0 radical (unpaired) electrons. The second-order valence-corrected chi connectivity index (χ2v) is 4.37. The summed E-state index contributed by atoms with van der Waals surface area (Å²) < 4.78 is 2.01. The molecule has 8 heteroatoms. The van der Waals surface area contributed by atoms with Gasteiger partial charge in [-0.25, -0.2) is 14.6 Å². The molecule has 0 bridgehead atoms. The number of hydrogen-bond acceptors (Lipinski definition) is 5. The average molecular weight is 288 g/mol. The van der Waals surface area contributed by atoms with Gasteiger partial charge in [-0.05, 0) is 27.7 Å². The van der Waals surface area contributed by atoms with Gasteiger partial charge in [-0.1, -0.05) is 0 Å². The van der Waals surface area contributed by atoms with Crippen molar-refractivity contribution < 1.29 is 0 Å². The third kappa shape index (κ3) is 2.10. The van der Waals surface area contributed by atoms with Crippen LogP contribution < -0.4 is 5.56 Å². The molecule has 1 N–H and O–H groups in total. The van der Waals surface area contributed by atoms with Crippen molar-refractivity contribution in [2.45, 2.75) is 10.2 Å². The molecular weight excluding hydrogens is 282 g/mol. The molecule has 0 aliphatic rings. The van der Waals surface area contributed by atoms with E-state index in [0.717, 1.165) is 0 Å². The van der Waals surface area contributed by atoms with Gasteiger partial charge in [0.25, 0.3) is 5.56 Å². The largest absolute Gasteiger partial charge is 0.312 e. The van der Waals surface area contributed by atoms with Crippen molar-refractivity contribution in [3.63, 3.8) is 0 Å².